The third-order valence-corrected chi connectivity index (χ3v) is 4.51. The van der Waals surface area contributed by atoms with Crippen molar-refractivity contribution in [3.05, 3.63) is 51.5 Å². The molecule has 0 fully saturated rings. The van der Waals surface area contributed by atoms with Crippen LogP contribution in [0, 0.1) is 0 Å². The highest BCUT2D eigenvalue weighted by atomic mass is 35.5. The third kappa shape index (κ3) is 4.56. The van der Waals surface area contributed by atoms with Gasteiger partial charge in [-0.05, 0) is 50.2 Å². The summed E-state index contributed by atoms with van der Waals surface area (Å²) in [6, 6.07) is 11.3. The molecule has 0 aliphatic carbocycles. The molecule has 24 heavy (non-hydrogen) atoms. The van der Waals surface area contributed by atoms with Crippen LogP contribution in [0.1, 0.15) is 13.8 Å². The minimum absolute atomic E-state index is 0.558. The summed E-state index contributed by atoms with van der Waals surface area (Å²) in [7, 11) is 1.95. The minimum atomic E-state index is 0.558. The lowest BCUT2D eigenvalue weighted by Crippen LogP contribution is -2.16. The van der Waals surface area contributed by atoms with Crippen molar-refractivity contribution in [2.75, 3.05) is 25.0 Å². The lowest BCUT2D eigenvalue weighted by Gasteiger charge is -2.25. The third-order valence-electron chi connectivity index (χ3n) is 3.65. The molecule has 3 nitrogen and oxygen atoms in total. The van der Waals surface area contributed by atoms with Gasteiger partial charge in [-0.15, -0.1) is 0 Å². The molecule has 0 saturated heterocycles. The zero-order chi connectivity index (χ0) is 17.7. The van der Waals surface area contributed by atoms with E-state index in [1.54, 1.807) is 12.4 Å². The van der Waals surface area contributed by atoms with Crippen LogP contribution in [0.2, 0.25) is 15.1 Å². The fraction of sp³-hybridized carbons (Fsp3) is 0.278. The van der Waals surface area contributed by atoms with Crippen molar-refractivity contribution in [2.45, 2.75) is 13.8 Å². The van der Waals surface area contributed by atoms with Crippen molar-refractivity contribution in [1.29, 1.82) is 0 Å². The van der Waals surface area contributed by atoms with Crippen LogP contribution in [0.25, 0.3) is 0 Å². The molecule has 0 saturated carbocycles. The molecule has 0 bridgehead atoms. The van der Waals surface area contributed by atoms with Crippen LogP contribution >= 0.6 is 34.8 Å². The number of aliphatic imine (C=N–C) groups is 1. The van der Waals surface area contributed by atoms with Gasteiger partial charge in [-0.3, -0.25) is 0 Å². The smallest absolute Gasteiger partial charge is 0.0910 e. The maximum Gasteiger partial charge on any atom is 0.0910 e. The highest BCUT2D eigenvalue weighted by molar-refractivity contribution is 6.37. The molecule has 0 N–H and O–H groups in total. The molecule has 0 aromatic heterocycles. The first-order valence-electron chi connectivity index (χ1n) is 7.72. The SMILES string of the molecule is CCN(C)C=Nc1cc(Cl)c(N(CC)c2ccc(Cl)cc2)cc1Cl. The van der Waals surface area contributed by atoms with Crippen LogP contribution in [0.15, 0.2) is 41.4 Å². The number of hydrogen-bond donors (Lipinski definition) is 0. The van der Waals surface area contributed by atoms with Gasteiger partial charge in [0.25, 0.3) is 0 Å². The predicted molar refractivity (Wildman–Crippen MR) is 107 cm³/mol. The molecule has 2 rings (SSSR count). The Morgan fingerprint density at radius 2 is 1.62 bits per heavy atom. The van der Waals surface area contributed by atoms with Crippen molar-refractivity contribution < 1.29 is 0 Å². The standard InChI is InChI=1S/C18H20Cl3N3/c1-4-23(3)12-22-17-10-16(21)18(11-15(17)20)24(5-2)14-8-6-13(19)7-9-14/h6-12H,4-5H2,1-3H3. The van der Waals surface area contributed by atoms with Crippen molar-refractivity contribution >= 4 is 58.2 Å². The van der Waals surface area contributed by atoms with Crippen LogP contribution in [-0.2, 0) is 0 Å². The monoisotopic (exact) mass is 383 g/mol. The van der Waals surface area contributed by atoms with E-state index in [9.17, 15) is 0 Å². The van der Waals surface area contributed by atoms with Gasteiger partial charge in [0.15, 0.2) is 0 Å². The van der Waals surface area contributed by atoms with Gasteiger partial charge < -0.3 is 9.80 Å². The summed E-state index contributed by atoms with van der Waals surface area (Å²) in [4.78, 5) is 8.44. The second-order valence-electron chi connectivity index (χ2n) is 5.29. The Labute approximate surface area is 158 Å². The van der Waals surface area contributed by atoms with E-state index in [4.69, 9.17) is 34.8 Å². The average molecular weight is 385 g/mol. The van der Waals surface area contributed by atoms with Crippen molar-refractivity contribution in [1.82, 2.24) is 4.90 Å². The molecule has 0 radical (unpaired) electrons. The van der Waals surface area contributed by atoms with E-state index in [1.165, 1.54) is 0 Å². The molecule has 2 aromatic carbocycles. The van der Waals surface area contributed by atoms with E-state index in [1.807, 2.05) is 42.3 Å². The number of benzene rings is 2. The van der Waals surface area contributed by atoms with Gasteiger partial charge in [0.05, 0.1) is 27.8 Å². The number of halogens is 3. The first kappa shape index (κ1) is 18.9. The number of anilines is 2. The van der Waals surface area contributed by atoms with Gasteiger partial charge in [-0.1, -0.05) is 34.8 Å². The topological polar surface area (TPSA) is 18.8 Å². The highest BCUT2D eigenvalue weighted by Crippen LogP contribution is 2.39. The quantitative estimate of drug-likeness (QED) is 0.423. The Bertz CT molecular complexity index is 714. The van der Waals surface area contributed by atoms with E-state index in [0.717, 1.165) is 24.5 Å². The van der Waals surface area contributed by atoms with E-state index in [2.05, 4.69) is 23.7 Å². The number of nitrogens with zero attached hydrogens (tertiary/aromatic N) is 3. The summed E-state index contributed by atoms with van der Waals surface area (Å²) in [5.41, 5.74) is 2.49. The molecule has 0 spiro atoms. The van der Waals surface area contributed by atoms with Crippen LogP contribution in [-0.4, -0.2) is 31.4 Å². The Morgan fingerprint density at radius 1 is 0.958 bits per heavy atom. The van der Waals surface area contributed by atoms with Gasteiger partial charge in [-0.25, -0.2) is 4.99 Å². The first-order chi connectivity index (χ1) is 11.5. The highest BCUT2D eigenvalue weighted by Gasteiger charge is 2.14. The van der Waals surface area contributed by atoms with Gasteiger partial charge in [-0.2, -0.15) is 0 Å². The summed E-state index contributed by atoms with van der Waals surface area (Å²) < 4.78 is 0. The van der Waals surface area contributed by atoms with E-state index < -0.39 is 0 Å². The maximum absolute atomic E-state index is 6.49. The lowest BCUT2D eigenvalue weighted by atomic mass is 10.2. The summed E-state index contributed by atoms with van der Waals surface area (Å²) in [6.07, 6.45) is 1.74. The number of rotatable bonds is 6. The van der Waals surface area contributed by atoms with E-state index in [0.29, 0.717) is 20.8 Å². The van der Waals surface area contributed by atoms with Crippen molar-refractivity contribution in [3.8, 4) is 0 Å². The van der Waals surface area contributed by atoms with Gasteiger partial charge in [0.2, 0.25) is 0 Å². The summed E-state index contributed by atoms with van der Waals surface area (Å²) in [6.45, 7) is 5.72. The second kappa shape index (κ2) is 8.61. The fourth-order valence-corrected chi connectivity index (χ4v) is 2.78. The summed E-state index contributed by atoms with van der Waals surface area (Å²) in [5, 5.41) is 1.86. The zero-order valence-corrected chi connectivity index (χ0v) is 16.2. The second-order valence-corrected chi connectivity index (χ2v) is 6.54. The largest absolute Gasteiger partial charge is 0.366 e. The summed E-state index contributed by atoms with van der Waals surface area (Å²) in [5.74, 6) is 0. The molecule has 6 heteroatoms. The predicted octanol–water partition coefficient (Wildman–Crippen LogP) is 6.42. The molecule has 0 atom stereocenters. The Kier molecular flexibility index (Phi) is 6.79. The van der Waals surface area contributed by atoms with Crippen LogP contribution in [0.3, 0.4) is 0 Å². The van der Waals surface area contributed by atoms with Crippen LogP contribution < -0.4 is 4.90 Å². The Balaban J connectivity index is 2.38. The molecule has 0 aliphatic heterocycles. The van der Waals surface area contributed by atoms with Gasteiger partial charge >= 0.3 is 0 Å². The Morgan fingerprint density at radius 3 is 2.21 bits per heavy atom. The molecule has 128 valence electrons. The average Bonchev–Trinajstić information content (AvgIpc) is 2.58. The van der Waals surface area contributed by atoms with Crippen LogP contribution in [0.5, 0.6) is 0 Å². The lowest BCUT2D eigenvalue weighted by molar-refractivity contribution is 0.552. The Hall–Kier alpha value is -1.42. The minimum Gasteiger partial charge on any atom is -0.366 e. The zero-order valence-electron chi connectivity index (χ0n) is 13.9. The molecule has 2 aromatic rings. The molecule has 0 aliphatic rings. The van der Waals surface area contributed by atoms with Crippen molar-refractivity contribution in [3.63, 3.8) is 0 Å². The maximum atomic E-state index is 6.49. The fourth-order valence-electron chi connectivity index (χ4n) is 2.19. The van der Waals surface area contributed by atoms with Gasteiger partial charge in [0.1, 0.15) is 0 Å². The summed E-state index contributed by atoms with van der Waals surface area (Å²) >= 11 is 18.9. The molecular formula is C18H20Cl3N3. The van der Waals surface area contributed by atoms with Crippen LogP contribution in [0.4, 0.5) is 17.1 Å². The van der Waals surface area contributed by atoms with Crippen molar-refractivity contribution in [2.24, 2.45) is 4.99 Å². The first-order valence-corrected chi connectivity index (χ1v) is 8.86. The van der Waals surface area contributed by atoms with Gasteiger partial charge in [0, 0.05) is 30.8 Å². The molecule has 0 unspecified atom stereocenters. The molecular weight excluding hydrogens is 365 g/mol. The molecule has 0 heterocycles. The van der Waals surface area contributed by atoms with E-state index >= 15 is 0 Å². The number of hydrogen-bond acceptors (Lipinski definition) is 2. The van der Waals surface area contributed by atoms with E-state index in [-0.39, 0.29) is 0 Å². The normalized spacial score (nSPS) is 11.1. The molecule has 0 amide bonds.